The minimum absolute atomic E-state index is 0.124. The number of thioether (sulfide) groups is 1. The third-order valence-electron chi connectivity index (χ3n) is 4.37. The van der Waals surface area contributed by atoms with E-state index in [1.54, 1.807) is 24.5 Å². The Morgan fingerprint density at radius 3 is 2.58 bits per heavy atom. The maximum absolute atomic E-state index is 12.4. The first-order valence-corrected chi connectivity index (χ1v) is 11.1. The molecule has 2 heterocycles. The topological polar surface area (TPSA) is 72.7 Å². The Morgan fingerprint density at radius 1 is 1.00 bits per heavy atom. The summed E-state index contributed by atoms with van der Waals surface area (Å²) in [6.07, 6.45) is 3.45. The maximum atomic E-state index is 12.4. The van der Waals surface area contributed by atoms with Gasteiger partial charge in [0.15, 0.2) is 11.0 Å². The summed E-state index contributed by atoms with van der Waals surface area (Å²) in [6, 6.07) is 18.8. The summed E-state index contributed by atoms with van der Waals surface area (Å²) in [5.41, 5.74) is 2.62. The van der Waals surface area contributed by atoms with Gasteiger partial charge in [-0.25, -0.2) is 0 Å². The summed E-state index contributed by atoms with van der Waals surface area (Å²) >= 11 is 13.3. The summed E-state index contributed by atoms with van der Waals surface area (Å²) in [6.45, 7) is 0.364. The molecule has 2 aromatic heterocycles. The molecule has 156 valence electrons. The Kier molecular flexibility index (Phi) is 6.86. The second kappa shape index (κ2) is 9.96. The van der Waals surface area contributed by atoms with Gasteiger partial charge in [0.1, 0.15) is 0 Å². The molecule has 0 aliphatic carbocycles. The van der Waals surface area contributed by atoms with E-state index in [0.717, 1.165) is 16.8 Å². The SMILES string of the molecule is O=C(CSc1nnc(-c2cccnc2)n1-c1ccccc1)NCc1ccc(Cl)c(Cl)c1. The molecule has 0 saturated heterocycles. The summed E-state index contributed by atoms with van der Waals surface area (Å²) in [7, 11) is 0. The minimum atomic E-state index is -0.124. The first kappa shape index (κ1) is 21.4. The van der Waals surface area contributed by atoms with Crippen molar-refractivity contribution in [3.8, 4) is 17.1 Å². The van der Waals surface area contributed by atoms with Crippen molar-refractivity contribution < 1.29 is 4.79 Å². The first-order chi connectivity index (χ1) is 15.1. The molecule has 1 amide bonds. The van der Waals surface area contributed by atoms with E-state index in [9.17, 15) is 4.79 Å². The van der Waals surface area contributed by atoms with Gasteiger partial charge >= 0.3 is 0 Å². The smallest absolute Gasteiger partial charge is 0.230 e. The van der Waals surface area contributed by atoms with Crippen LogP contribution in [-0.2, 0) is 11.3 Å². The van der Waals surface area contributed by atoms with E-state index in [1.165, 1.54) is 11.8 Å². The Morgan fingerprint density at radius 2 is 1.84 bits per heavy atom. The van der Waals surface area contributed by atoms with E-state index in [1.807, 2.05) is 53.1 Å². The Hall–Kier alpha value is -2.87. The normalized spacial score (nSPS) is 10.8. The largest absolute Gasteiger partial charge is 0.351 e. The van der Waals surface area contributed by atoms with Gasteiger partial charge in [-0.2, -0.15) is 0 Å². The highest BCUT2D eigenvalue weighted by molar-refractivity contribution is 7.99. The standard InChI is InChI=1S/C22H17Cl2N5OS/c23-18-9-8-15(11-19(18)24)12-26-20(30)14-31-22-28-27-21(16-5-4-10-25-13-16)29(22)17-6-2-1-3-7-17/h1-11,13H,12,14H2,(H,26,30). The fraction of sp³-hybridized carbons (Fsp3) is 0.0909. The van der Waals surface area contributed by atoms with Crippen molar-refractivity contribution in [1.82, 2.24) is 25.1 Å². The summed E-state index contributed by atoms with van der Waals surface area (Å²) < 4.78 is 1.92. The zero-order valence-electron chi connectivity index (χ0n) is 16.2. The number of halogens is 2. The summed E-state index contributed by atoms with van der Waals surface area (Å²) in [5.74, 6) is 0.735. The molecular weight excluding hydrogens is 453 g/mol. The predicted molar refractivity (Wildman–Crippen MR) is 124 cm³/mol. The van der Waals surface area contributed by atoms with Crippen LogP contribution >= 0.6 is 35.0 Å². The van der Waals surface area contributed by atoms with Crippen molar-refractivity contribution in [3.63, 3.8) is 0 Å². The van der Waals surface area contributed by atoms with Crippen molar-refractivity contribution >= 4 is 40.9 Å². The molecule has 6 nitrogen and oxygen atoms in total. The zero-order valence-corrected chi connectivity index (χ0v) is 18.5. The van der Waals surface area contributed by atoms with Crippen LogP contribution in [0, 0.1) is 0 Å². The highest BCUT2D eigenvalue weighted by Crippen LogP contribution is 2.27. The maximum Gasteiger partial charge on any atom is 0.230 e. The molecule has 0 aliphatic heterocycles. The van der Waals surface area contributed by atoms with Gasteiger partial charge in [0.05, 0.1) is 15.8 Å². The molecule has 0 unspecified atom stereocenters. The van der Waals surface area contributed by atoms with Gasteiger partial charge in [0.25, 0.3) is 0 Å². The quantitative estimate of drug-likeness (QED) is 0.383. The molecule has 0 spiro atoms. The molecule has 0 aliphatic rings. The molecule has 9 heteroatoms. The average molecular weight is 470 g/mol. The highest BCUT2D eigenvalue weighted by Gasteiger charge is 2.17. The van der Waals surface area contributed by atoms with E-state index >= 15 is 0 Å². The molecule has 2 aromatic carbocycles. The molecule has 0 fully saturated rings. The molecule has 4 rings (SSSR count). The van der Waals surface area contributed by atoms with Crippen molar-refractivity contribution in [2.24, 2.45) is 0 Å². The zero-order chi connectivity index (χ0) is 21.6. The van der Waals surface area contributed by atoms with Gasteiger partial charge in [-0.1, -0.05) is 59.2 Å². The number of nitrogens with one attached hydrogen (secondary N) is 1. The van der Waals surface area contributed by atoms with Crippen LogP contribution in [-0.4, -0.2) is 31.4 Å². The molecule has 4 aromatic rings. The lowest BCUT2D eigenvalue weighted by Gasteiger charge is -2.10. The number of carbonyl (C=O) groups is 1. The van der Waals surface area contributed by atoms with Gasteiger partial charge in [0, 0.05) is 30.2 Å². The second-order valence-electron chi connectivity index (χ2n) is 6.53. The van der Waals surface area contributed by atoms with Crippen molar-refractivity contribution in [2.45, 2.75) is 11.7 Å². The van der Waals surface area contributed by atoms with Gasteiger partial charge in [-0.15, -0.1) is 10.2 Å². The molecule has 31 heavy (non-hydrogen) atoms. The van der Waals surface area contributed by atoms with Crippen LogP contribution in [0.4, 0.5) is 0 Å². The van der Waals surface area contributed by atoms with Gasteiger partial charge in [0.2, 0.25) is 5.91 Å². The number of para-hydroxylation sites is 1. The van der Waals surface area contributed by atoms with Crippen molar-refractivity contribution in [1.29, 1.82) is 0 Å². The number of hydrogen-bond donors (Lipinski definition) is 1. The molecule has 0 radical (unpaired) electrons. The number of amides is 1. The molecule has 0 atom stereocenters. The van der Waals surface area contributed by atoms with Crippen LogP contribution in [0.3, 0.4) is 0 Å². The number of carbonyl (C=O) groups excluding carboxylic acids is 1. The van der Waals surface area contributed by atoms with Crippen LogP contribution in [0.1, 0.15) is 5.56 Å². The van der Waals surface area contributed by atoms with E-state index in [2.05, 4.69) is 20.5 Å². The van der Waals surface area contributed by atoms with Gasteiger partial charge in [-0.3, -0.25) is 14.3 Å². The van der Waals surface area contributed by atoms with E-state index in [4.69, 9.17) is 23.2 Å². The monoisotopic (exact) mass is 469 g/mol. The van der Waals surface area contributed by atoms with Gasteiger partial charge < -0.3 is 5.32 Å². The third-order valence-corrected chi connectivity index (χ3v) is 6.04. The third kappa shape index (κ3) is 5.25. The Labute approximate surface area is 193 Å². The Bertz CT molecular complexity index is 1190. The van der Waals surface area contributed by atoms with Gasteiger partial charge in [-0.05, 0) is 42.0 Å². The highest BCUT2D eigenvalue weighted by atomic mass is 35.5. The number of rotatable bonds is 7. The van der Waals surface area contributed by atoms with Crippen LogP contribution in [0.2, 0.25) is 10.0 Å². The van der Waals surface area contributed by atoms with Crippen LogP contribution < -0.4 is 5.32 Å². The molecule has 1 N–H and O–H groups in total. The fourth-order valence-corrected chi connectivity index (χ4v) is 3.99. The number of nitrogens with zero attached hydrogens (tertiary/aromatic N) is 4. The fourth-order valence-electron chi connectivity index (χ4n) is 2.89. The lowest BCUT2D eigenvalue weighted by Crippen LogP contribution is -2.24. The number of benzene rings is 2. The van der Waals surface area contributed by atoms with Crippen LogP contribution in [0.25, 0.3) is 17.1 Å². The molecular formula is C22H17Cl2N5OS. The van der Waals surface area contributed by atoms with Crippen molar-refractivity contribution in [2.75, 3.05) is 5.75 Å². The number of hydrogen-bond acceptors (Lipinski definition) is 5. The van der Waals surface area contributed by atoms with Crippen LogP contribution in [0.5, 0.6) is 0 Å². The number of pyridine rings is 1. The van der Waals surface area contributed by atoms with Crippen molar-refractivity contribution in [3.05, 3.63) is 88.7 Å². The molecule has 0 saturated carbocycles. The summed E-state index contributed by atoms with van der Waals surface area (Å²) in [4.78, 5) is 16.6. The summed E-state index contributed by atoms with van der Waals surface area (Å²) in [5, 5.41) is 13.1. The lowest BCUT2D eigenvalue weighted by molar-refractivity contribution is -0.118. The van der Waals surface area contributed by atoms with E-state index in [-0.39, 0.29) is 11.7 Å². The average Bonchev–Trinajstić information content (AvgIpc) is 3.23. The van der Waals surface area contributed by atoms with E-state index in [0.29, 0.717) is 27.6 Å². The van der Waals surface area contributed by atoms with Crippen LogP contribution in [0.15, 0.2) is 78.2 Å². The Balaban J connectivity index is 1.48. The second-order valence-corrected chi connectivity index (χ2v) is 8.29. The number of aromatic nitrogens is 4. The predicted octanol–water partition coefficient (Wildman–Crippen LogP) is 5.04. The molecule has 0 bridgehead atoms. The minimum Gasteiger partial charge on any atom is -0.351 e. The first-order valence-electron chi connectivity index (χ1n) is 9.36. The van der Waals surface area contributed by atoms with E-state index < -0.39 is 0 Å². The lowest BCUT2D eigenvalue weighted by atomic mass is 10.2.